The van der Waals surface area contributed by atoms with Gasteiger partial charge in [-0.1, -0.05) is 18.2 Å². The van der Waals surface area contributed by atoms with Gasteiger partial charge in [-0.15, -0.1) is 24.0 Å². The van der Waals surface area contributed by atoms with Crippen LogP contribution in [0.25, 0.3) is 10.9 Å². The van der Waals surface area contributed by atoms with E-state index in [-0.39, 0.29) is 41.5 Å². The molecule has 0 amide bonds. The number of aromatic amines is 1. The van der Waals surface area contributed by atoms with E-state index in [4.69, 9.17) is 0 Å². The molecule has 1 aliphatic rings. The highest BCUT2D eigenvalue weighted by Crippen LogP contribution is 2.22. The van der Waals surface area contributed by atoms with Gasteiger partial charge in [0, 0.05) is 35.7 Å². The SMILES string of the molecule is CCNC(=NCCc1c(C)[nH]c2ccccc12)NC1CCS(=O)(=O)C1.I. The van der Waals surface area contributed by atoms with E-state index < -0.39 is 9.84 Å². The second-order valence-corrected chi connectivity index (χ2v) is 8.76. The molecule has 0 bridgehead atoms. The first-order chi connectivity index (χ1) is 12.0. The Morgan fingerprint density at radius 1 is 1.35 bits per heavy atom. The van der Waals surface area contributed by atoms with Crippen LogP contribution in [0, 0.1) is 6.92 Å². The maximum Gasteiger partial charge on any atom is 0.191 e. The van der Waals surface area contributed by atoms with E-state index in [1.807, 2.05) is 13.0 Å². The van der Waals surface area contributed by atoms with Crippen LogP contribution in [0.1, 0.15) is 24.6 Å². The molecule has 0 saturated carbocycles. The van der Waals surface area contributed by atoms with Gasteiger partial charge in [0.05, 0.1) is 11.5 Å². The number of sulfone groups is 1. The van der Waals surface area contributed by atoms with Gasteiger partial charge in [-0.3, -0.25) is 4.99 Å². The number of aryl methyl sites for hydroxylation is 1. The van der Waals surface area contributed by atoms with Crippen molar-refractivity contribution >= 4 is 50.7 Å². The molecule has 0 spiro atoms. The monoisotopic (exact) mass is 490 g/mol. The number of hydrogen-bond acceptors (Lipinski definition) is 3. The number of aromatic nitrogens is 1. The molecule has 0 aliphatic carbocycles. The van der Waals surface area contributed by atoms with Gasteiger partial charge in [0.15, 0.2) is 15.8 Å². The first-order valence-corrected chi connectivity index (χ1v) is 10.6. The Morgan fingerprint density at radius 2 is 2.12 bits per heavy atom. The van der Waals surface area contributed by atoms with Gasteiger partial charge in [-0.25, -0.2) is 8.42 Å². The largest absolute Gasteiger partial charge is 0.358 e. The Kier molecular flexibility index (Phi) is 7.33. The summed E-state index contributed by atoms with van der Waals surface area (Å²) in [6, 6.07) is 8.25. The van der Waals surface area contributed by atoms with Gasteiger partial charge in [0.2, 0.25) is 0 Å². The van der Waals surface area contributed by atoms with Crippen molar-refractivity contribution in [3.63, 3.8) is 0 Å². The Morgan fingerprint density at radius 3 is 2.81 bits per heavy atom. The highest BCUT2D eigenvalue weighted by atomic mass is 127. The van der Waals surface area contributed by atoms with E-state index in [2.05, 4.69) is 45.7 Å². The van der Waals surface area contributed by atoms with Gasteiger partial charge < -0.3 is 15.6 Å². The number of nitrogens with one attached hydrogen (secondary N) is 3. The van der Waals surface area contributed by atoms with Crippen LogP contribution >= 0.6 is 24.0 Å². The molecule has 2 aromatic rings. The molecule has 1 saturated heterocycles. The predicted molar refractivity (Wildman–Crippen MR) is 118 cm³/mol. The van der Waals surface area contributed by atoms with E-state index in [0.717, 1.165) is 18.5 Å². The molecule has 6 nitrogen and oxygen atoms in total. The van der Waals surface area contributed by atoms with Crippen LogP contribution in [0.2, 0.25) is 0 Å². The molecule has 3 N–H and O–H groups in total. The Bertz CT molecular complexity index is 876. The number of halogens is 1. The van der Waals surface area contributed by atoms with Crippen molar-refractivity contribution in [1.29, 1.82) is 0 Å². The minimum atomic E-state index is -2.89. The van der Waals surface area contributed by atoms with Gasteiger partial charge in [-0.05, 0) is 38.3 Å². The second-order valence-electron chi connectivity index (χ2n) is 6.53. The lowest BCUT2D eigenvalue weighted by Crippen LogP contribution is -2.44. The maximum absolute atomic E-state index is 11.6. The number of aliphatic imine (C=N–C) groups is 1. The van der Waals surface area contributed by atoms with Gasteiger partial charge in [0.25, 0.3) is 0 Å². The lowest BCUT2D eigenvalue weighted by atomic mass is 10.1. The average Bonchev–Trinajstić information content (AvgIpc) is 3.06. The van der Waals surface area contributed by atoms with Crippen molar-refractivity contribution in [3.8, 4) is 0 Å². The molecule has 144 valence electrons. The summed E-state index contributed by atoms with van der Waals surface area (Å²) in [4.78, 5) is 8.04. The first kappa shape index (κ1) is 21.0. The van der Waals surface area contributed by atoms with Crippen LogP contribution < -0.4 is 10.6 Å². The van der Waals surface area contributed by atoms with Gasteiger partial charge in [-0.2, -0.15) is 0 Å². The summed E-state index contributed by atoms with van der Waals surface area (Å²) in [7, 11) is -2.89. The molecule has 26 heavy (non-hydrogen) atoms. The molecule has 1 aromatic carbocycles. The molecule has 1 aromatic heterocycles. The van der Waals surface area contributed by atoms with E-state index in [1.54, 1.807) is 0 Å². The minimum absolute atomic E-state index is 0. The van der Waals surface area contributed by atoms with Crippen LogP contribution in [0.15, 0.2) is 29.3 Å². The number of guanidine groups is 1. The van der Waals surface area contributed by atoms with Crippen molar-refractivity contribution < 1.29 is 8.42 Å². The number of benzene rings is 1. The smallest absolute Gasteiger partial charge is 0.191 e. The zero-order chi connectivity index (χ0) is 17.9. The fourth-order valence-electron chi connectivity index (χ4n) is 3.36. The molecule has 1 unspecified atom stereocenters. The highest BCUT2D eigenvalue weighted by Gasteiger charge is 2.28. The fraction of sp³-hybridized carbons (Fsp3) is 0.500. The van der Waals surface area contributed by atoms with Crippen LogP contribution in [-0.4, -0.2) is 50.0 Å². The third-order valence-corrected chi connectivity index (χ3v) is 6.34. The summed E-state index contributed by atoms with van der Waals surface area (Å²) >= 11 is 0. The van der Waals surface area contributed by atoms with Crippen LogP contribution in [0.5, 0.6) is 0 Å². The fourth-order valence-corrected chi connectivity index (χ4v) is 5.03. The number of hydrogen-bond donors (Lipinski definition) is 3. The van der Waals surface area contributed by atoms with E-state index in [0.29, 0.717) is 18.9 Å². The van der Waals surface area contributed by atoms with Crippen molar-refractivity contribution in [3.05, 3.63) is 35.5 Å². The third-order valence-electron chi connectivity index (χ3n) is 4.58. The lowest BCUT2D eigenvalue weighted by Gasteiger charge is -2.15. The normalized spacial score (nSPS) is 19.3. The molecular formula is C18H27IN4O2S. The van der Waals surface area contributed by atoms with Gasteiger partial charge in [0.1, 0.15) is 0 Å². The second kappa shape index (κ2) is 9.07. The summed E-state index contributed by atoms with van der Waals surface area (Å²) in [5, 5.41) is 7.71. The molecule has 2 heterocycles. The quantitative estimate of drug-likeness (QED) is 0.341. The van der Waals surface area contributed by atoms with Crippen molar-refractivity contribution in [2.75, 3.05) is 24.6 Å². The van der Waals surface area contributed by atoms with Crippen LogP contribution in [0.3, 0.4) is 0 Å². The van der Waals surface area contributed by atoms with E-state index in [9.17, 15) is 8.42 Å². The number of nitrogens with zero attached hydrogens (tertiary/aromatic N) is 1. The third kappa shape index (κ3) is 5.12. The molecule has 3 rings (SSSR count). The number of fused-ring (bicyclic) bond motifs is 1. The van der Waals surface area contributed by atoms with Crippen molar-refractivity contribution in [1.82, 2.24) is 15.6 Å². The number of para-hydroxylation sites is 1. The summed E-state index contributed by atoms with van der Waals surface area (Å²) in [6.45, 7) is 5.49. The predicted octanol–water partition coefficient (Wildman–Crippen LogP) is 2.38. The van der Waals surface area contributed by atoms with Crippen molar-refractivity contribution in [2.24, 2.45) is 4.99 Å². The lowest BCUT2D eigenvalue weighted by molar-refractivity contribution is 0.599. The standard InChI is InChI=1S/C18H26N4O2S.HI/c1-3-19-18(22-14-9-11-25(23,24)12-14)20-10-8-15-13(2)21-17-7-5-4-6-16(15)17;/h4-7,14,21H,3,8-12H2,1-2H3,(H2,19,20,22);1H. The molecular weight excluding hydrogens is 463 g/mol. The van der Waals surface area contributed by atoms with E-state index >= 15 is 0 Å². The minimum Gasteiger partial charge on any atom is -0.358 e. The Labute approximate surface area is 172 Å². The Hall–Kier alpha value is -1.29. The molecule has 1 aliphatic heterocycles. The topological polar surface area (TPSA) is 86.3 Å². The number of H-pyrrole nitrogens is 1. The zero-order valence-corrected chi connectivity index (χ0v) is 18.4. The summed E-state index contributed by atoms with van der Waals surface area (Å²) in [6.07, 6.45) is 1.49. The zero-order valence-electron chi connectivity index (χ0n) is 15.2. The first-order valence-electron chi connectivity index (χ1n) is 8.80. The molecule has 1 fully saturated rings. The highest BCUT2D eigenvalue weighted by molar-refractivity contribution is 14.0. The summed E-state index contributed by atoms with van der Waals surface area (Å²) in [5.41, 5.74) is 3.62. The Balaban J connectivity index is 0.00000243. The average molecular weight is 490 g/mol. The van der Waals surface area contributed by atoms with E-state index in [1.165, 1.54) is 16.6 Å². The van der Waals surface area contributed by atoms with Crippen LogP contribution in [0.4, 0.5) is 0 Å². The molecule has 0 radical (unpaired) electrons. The summed E-state index contributed by atoms with van der Waals surface area (Å²) < 4.78 is 23.2. The van der Waals surface area contributed by atoms with Gasteiger partial charge >= 0.3 is 0 Å². The van der Waals surface area contributed by atoms with Crippen molar-refractivity contribution in [2.45, 2.75) is 32.7 Å². The summed E-state index contributed by atoms with van der Waals surface area (Å²) in [5.74, 6) is 1.15. The maximum atomic E-state index is 11.6. The molecule has 1 atom stereocenters. The van der Waals surface area contributed by atoms with Crippen LogP contribution in [-0.2, 0) is 16.3 Å². The molecule has 8 heteroatoms. The number of rotatable bonds is 5.